The van der Waals surface area contributed by atoms with Crippen LogP contribution >= 0.6 is 0 Å². The van der Waals surface area contributed by atoms with E-state index in [1.54, 1.807) is 32.9 Å². The molecule has 2 heterocycles. The lowest BCUT2D eigenvalue weighted by Crippen LogP contribution is -2.46. The molecule has 48 heavy (non-hydrogen) atoms. The number of aromatic nitrogens is 2. The van der Waals surface area contributed by atoms with Crippen LogP contribution in [-0.2, 0) is 38.6 Å². The van der Waals surface area contributed by atoms with E-state index in [4.69, 9.17) is 24.2 Å². The Kier molecular flexibility index (Phi) is 10.9. The fourth-order valence-corrected chi connectivity index (χ4v) is 5.48. The van der Waals surface area contributed by atoms with E-state index < -0.39 is 23.7 Å². The van der Waals surface area contributed by atoms with Crippen LogP contribution in [0.5, 0.6) is 0 Å². The number of nitrogens with one attached hydrogen (secondary N) is 2. The van der Waals surface area contributed by atoms with Crippen molar-refractivity contribution >= 4 is 29.5 Å². The summed E-state index contributed by atoms with van der Waals surface area (Å²) in [7, 11) is 0. The van der Waals surface area contributed by atoms with Crippen molar-refractivity contribution in [1.29, 1.82) is 0 Å². The standard InChI is InChI=1S/C37H42FN5O5/c1-24-31(23-47-34(44)32(41-36(45)48-37(3,4)5)22-46-21-26-11-7-6-8-12-26)40-35(39-29-17-15-28(38)16-18-29)42-33(24)43-20-19-27-13-9-10-14-30(27)25(43)2/h6-18,25,32H,19-23H2,1-5H3,(H,41,45)(H,39,40,42)/t25?,32-/m0/s1. The Morgan fingerprint density at radius 1 is 0.979 bits per heavy atom. The Morgan fingerprint density at radius 3 is 2.42 bits per heavy atom. The first-order valence-electron chi connectivity index (χ1n) is 16.0. The van der Waals surface area contributed by atoms with Gasteiger partial charge in [0.2, 0.25) is 5.95 Å². The highest BCUT2D eigenvalue weighted by Gasteiger charge is 2.29. The summed E-state index contributed by atoms with van der Waals surface area (Å²) in [5.74, 6) is -0.102. The molecule has 1 aliphatic heterocycles. The van der Waals surface area contributed by atoms with Gasteiger partial charge in [0.1, 0.15) is 23.8 Å². The van der Waals surface area contributed by atoms with Gasteiger partial charge >= 0.3 is 12.1 Å². The molecule has 0 aliphatic carbocycles. The third-order valence-corrected chi connectivity index (χ3v) is 7.91. The maximum absolute atomic E-state index is 13.6. The second-order valence-corrected chi connectivity index (χ2v) is 12.7. The van der Waals surface area contributed by atoms with Crippen molar-refractivity contribution in [2.75, 3.05) is 23.4 Å². The minimum absolute atomic E-state index is 0.0294. The van der Waals surface area contributed by atoms with Crippen LogP contribution in [0.4, 0.5) is 26.6 Å². The quantitative estimate of drug-likeness (QED) is 0.166. The summed E-state index contributed by atoms with van der Waals surface area (Å²) in [5, 5.41) is 5.76. The molecule has 10 nitrogen and oxygen atoms in total. The number of halogens is 1. The first-order chi connectivity index (χ1) is 23.0. The van der Waals surface area contributed by atoms with Gasteiger partial charge in [-0.1, -0.05) is 54.6 Å². The summed E-state index contributed by atoms with van der Waals surface area (Å²) in [6.07, 6.45) is 0.0779. The number of rotatable bonds is 11. The third kappa shape index (κ3) is 9.07. The van der Waals surface area contributed by atoms with Gasteiger partial charge in [-0.05, 0) is 82.0 Å². The summed E-state index contributed by atoms with van der Waals surface area (Å²) in [4.78, 5) is 37.9. The minimum Gasteiger partial charge on any atom is -0.458 e. The molecule has 0 fully saturated rings. The lowest BCUT2D eigenvalue weighted by atomic mass is 9.93. The highest BCUT2D eigenvalue weighted by atomic mass is 19.1. The van der Waals surface area contributed by atoms with E-state index in [-0.39, 0.29) is 37.6 Å². The normalized spacial score (nSPS) is 14.9. The highest BCUT2D eigenvalue weighted by Crippen LogP contribution is 2.35. The van der Waals surface area contributed by atoms with Crippen molar-refractivity contribution in [2.24, 2.45) is 0 Å². The van der Waals surface area contributed by atoms with Crippen LogP contribution in [-0.4, -0.2) is 46.8 Å². The Bertz CT molecular complexity index is 1710. The van der Waals surface area contributed by atoms with Gasteiger partial charge in [-0.3, -0.25) is 0 Å². The Balaban J connectivity index is 1.38. The van der Waals surface area contributed by atoms with E-state index in [9.17, 15) is 14.0 Å². The fraction of sp³-hybridized carbons (Fsp3) is 0.351. The van der Waals surface area contributed by atoms with Crippen molar-refractivity contribution in [1.82, 2.24) is 15.3 Å². The van der Waals surface area contributed by atoms with Crippen molar-refractivity contribution < 1.29 is 28.2 Å². The molecule has 2 N–H and O–H groups in total. The number of carbonyl (C=O) groups excluding carboxylic acids is 2. The van der Waals surface area contributed by atoms with E-state index >= 15 is 0 Å². The van der Waals surface area contributed by atoms with Gasteiger partial charge in [-0.2, -0.15) is 4.98 Å². The molecule has 2 atom stereocenters. The number of nitrogens with zero attached hydrogens (tertiary/aromatic N) is 3. The molecule has 1 aromatic heterocycles. The minimum atomic E-state index is -1.14. The molecule has 0 bridgehead atoms. The number of hydrogen-bond acceptors (Lipinski definition) is 9. The lowest BCUT2D eigenvalue weighted by Gasteiger charge is -2.37. The number of anilines is 3. The van der Waals surface area contributed by atoms with Gasteiger partial charge in [0.15, 0.2) is 6.04 Å². The number of esters is 1. The van der Waals surface area contributed by atoms with E-state index in [1.165, 1.54) is 23.3 Å². The van der Waals surface area contributed by atoms with Gasteiger partial charge in [0.25, 0.3) is 0 Å². The van der Waals surface area contributed by atoms with Gasteiger partial charge in [-0.15, -0.1) is 0 Å². The van der Waals surface area contributed by atoms with Crippen LogP contribution in [0, 0.1) is 12.7 Å². The smallest absolute Gasteiger partial charge is 0.408 e. The molecule has 1 aliphatic rings. The first-order valence-corrected chi connectivity index (χ1v) is 16.0. The average molecular weight is 656 g/mol. The van der Waals surface area contributed by atoms with Crippen molar-refractivity contribution in [3.8, 4) is 0 Å². The number of fused-ring (bicyclic) bond motifs is 1. The largest absolute Gasteiger partial charge is 0.458 e. The van der Waals surface area contributed by atoms with Gasteiger partial charge < -0.3 is 29.7 Å². The Hall–Kier alpha value is -5.03. The molecule has 3 aromatic carbocycles. The van der Waals surface area contributed by atoms with Crippen molar-refractivity contribution in [3.63, 3.8) is 0 Å². The molecule has 0 saturated carbocycles. The Labute approximate surface area is 280 Å². The van der Waals surface area contributed by atoms with Crippen molar-refractivity contribution in [2.45, 2.75) is 71.9 Å². The number of alkyl carbamates (subject to hydrolysis) is 1. The summed E-state index contributed by atoms with van der Waals surface area (Å²) in [6, 6.07) is 22.6. The molecule has 0 radical (unpaired) electrons. The fourth-order valence-electron chi connectivity index (χ4n) is 5.48. The maximum Gasteiger partial charge on any atom is 0.408 e. The van der Waals surface area contributed by atoms with Crippen LogP contribution in [0.15, 0.2) is 78.9 Å². The van der Waals surface area contributed by atoms with E-state index in [2.05, 4.69) is 34.6 Å². The molecule has 4 aromatic rings. The van der Waals surface area contributed by atoms with E-state index in [1.807, 2.05) is 49.4 Å². The second kappa shape index (κ2) is 15.2. The molecule has 11 heteroatoms. The molecular weight excluding hydrogens is 613 g/mol. The molecule has 5 rings (SSSR count). The topological polar surface area (TPSA) is 115 Å². The molecule has 1 unspecified atom stereocenters. The number of benzene rings is 3. The average Bonchev–Trinajstić information content (AvgIpc) is 3.05. The predicted molar refractivity (Wildman–Crippen MR) is 181 cm³/mol. The monoisotopic (exact) mass is 655 g/mol. The van der Waals surface area contributed by atoms with E-state index in [0.717, 1.165) is 24.1 Å². The number of ether oxygens (including phenoxy) is 3. The van der Waals surface area contributed by atoms with Crippen LogP contribution in [0.1, 0.15) is 61.7 Å². The number of hydrogen-bond donors (Lipinski definition) is 2. The zero-order valence-electron chi connectivity index (χ0n) is 28.0. The van der Waals surface area contributed by atoms with Crippen LogP contribution in [0.2, 0.25) is 0 Å². The van der Waals surface area contributed by atoms with Gasteiger partial charge in [-0.25, -0.2) is 19.0 Å². The van der Waals surface area contributed by atoms with Crippen molar-refractivity contribution in [3.05, 3.63) is 113 Å². The van der Waals surface area contributed by atoms with Crippen LogP contribution in [0.3, 0.4) is 0 Å². The summed E-state index contributed by atoms with van der Waals surface area (Å²) in [6.45, 7) is 9.88. The lowest BCUT2D eigenvalue weighted by molar-refractivity contribution is -0.149. The predicted octanol–water partition coefficient (Wildman–Crippen LogP) is 6.94. The number of amides is 1. The molecule has 0 spiro atoms. The maximum atomic E-state index is 13.6. The van der Waals surface area contributed by atoms with Gasteiger partial charge in [0.05, 0.1) is 24.9 Å². The number of carbonyl (C=O) groups is 2. The molecule has 0 saturated heterocycles. The molecular formula is C37H42FN5O5. The highest BCUT2D eigenvalue weighted by molar-refractivity contribution is 5.81. The zero-order valence-corrected chi connectivity index (χ0v) is 28.0. The summed E-state index contributed by atoms with van der Waals surface area (Å²) >= 11 is 0. The van der Waals surface area contributed by atoms with E-state index in [0.29, 0.717) is 17.2 Å². The summed E-state index contributed by atoms with van der Waals surface area (Å²) < 4.78 is 30.6. The third-order valence-electron chi connectivity index (χ3n) is 7.91. The SMILES string of the molecule is Cc1c(COC(=O)[C@H](COCc2ccccc2)NC(=O)OC(C)(C)C)nc(Nc2ccc(F)cc2)nc1N1CCc2ccccc2C1C. The zero-order chi connectivity index (χ0) is 34.3. The first kappa shape index (κ1) is 34.3. The second-order valence-electron chi connectivity index (χ2n) is 12.7. The van der Waals surface area contributed by atoms with Gasteiger partial charge in [0, 0.05) is 17.8 Å². The van der Waals surface area contributed by atoms with Crippen LogP contribution in [0.25, 0.3) is 0 Å². The van der Waals surface area contributed by atoms with Crippen LogP contribution < -0.4 is 15.5 Å². The molecule has 1 amide bonds. The summed E-state index contributed by atoms with van der Waals surface area (Å²) in [5.41, 5.74) is 4.49. The Morgan fingerprint density at radius 2 is 1.69 bits per heavy atom. The molecule has 252 valence electrons.